The monoisotopic (exact) mass is 329 g/mol. The zero-order chi connectivity index (χ0) is 16.5. The van der Waals surface area contributed by atoms with Crippen LogP contribution in [0.2, 0.25) is 0 Å². The summed E-state index contributed by atoms with van der Waals surface area (Å²) in [4.78, 5) is 0. The van der Waals surface area contributed by atoms with Gasteiger partial charge in [0.15, 0.2) is 11.5 Å². The van der Waals surface area contributed by atoms with Gasteiger partial charge in [0.1, 0.15) is 0 Å². The third-order valence-corrected chi connectivity index (χ3v) is 7.35. The minimum Gasteiger partial charge on any atom is -0.504 e. The van der Waals surface area contributed by atoms with Gasteiger partial charge in [-0.1, -0.05) is 6.07 Å². The number of fused-ring (bicyclic) bond motifs is 1. The van der Waals surface area contributed by atoms with Crippen LogP contribution in [0.3, 0.4) is 0 Å². The minimum atomic E-state index is -0.168. The highest BCUT2D eigenvalue weighted by Gasteiger charge is 2.55. The summed E-state index contributed by atoms with van der Waals surface area (Å²) < 4.78 is 6.52. The predicted molar refractivity (Wildman–Crippen MR) is 90.7 cm³/mol. The fourth-order valence-electron chi connectivity index (χ4n) is 6.78. The Bertz CT molecular complexity index is 636. The number of hydrogen-bond donors (Lipinski definition) is 3. The van der Waals surface area contributed by atoms with Crippen LogP contribution in [0.15, 0.2) is 12.1 Å². The number of phenolic OH excluding ortho intramolecular Hbond substituents is 2. The molecule has 0 radical (unpaired) electrons. The lowest BCUT2D eigenvalue weighted by molar-refractivity contribution is -0.165. The largest absolute Gasteiger partial charge is 0.504 e. The molecule has 4 fully saturated rings. The van der Waals surface area contributed by atoms with Crippen molar-refractivity contribution >= 4 is 0 Å². The van der Waals surface area contributed by atoms with E-state index in [2.05, 4.69) is 0 Å². The van der Waals surface area contributed by atoms with Crippen LogP contribution >= 0.6 is 0 Å². The molecule has 4 bridgehead atoms. The van der Waals surface area contributed by atoms with Gasteiger partial charge in [-0.3, -0.25) is 0 Å². The Kier molecular flexibility index (Phi) is 3.21. The molecule has 4 nitrogen and oxygen atoms in total. The average Bonchev–Trinajstić information content (AvgIpc) is 2.56. The quantitative estimate of drug-likeness (QED) is 0.728. The molecule has 0 spiro atoms. The fourth-order valence-corrected chi connectivity index (χ4v) is 6.78. The molecular weight excluding hydrogens is 302 g/mol. The molecule has 0 amide bonds. The molecule has 130 valence electrons. The molecule has 5 aliphatic rings. The fraction of sp³-hybridized carbons (Fsp3) is 0.700. The molecule has 4 saturated carbocycles. The Balaban J connectivity index is 1.53. The van der Waals surface area contributed by atoms with Crippen LogP contribution in [0.25, 0.3) is 0 Å². The van der Waals surface area contributed by atoms with E-state index in [0.717, 1.165) is 28.9 Å². The zero-order valence-electron chi connectivity index (χ0n) is 14.1. The molecule has 1 aromatic carbocycles. The van der Waals surface area contributed by atoms with Crippen LogP contribution in [0.1, 0.15) is 55.8 Å². The maximum atomic E-state index is 10.4. The summed E-state index contributed by atoms with van der Waals surface area (Å²) in [5.41, 5.74) is 8.06. The number of aromatic hydroxyl groups is 2. The highest BCUT2D eigenvalue weighted by Crippen LogP contribution is 2.63. The maximum absolute atomic E-state index is 10.4. The van der Waals surface area contributed by atoms with Gasteiger partial charge in [0.05, 0.1) is 12.2 Å². The first-order chi connectivity index (χ1) is 11.6. The van der Waals surface area contributed by atoms with E-state index in [0.29, 0.717) is 13.0 Å². The summed E-state index contributed by atoms with van der Waals surface area (Å²) in [7, 11) is 0. The third-order valence-electron chi connectivity index (χ3n) is 7.35. The van der Waals surface area contributed by atoms with Gasteiger partial charge in [-0.25, -0.2) is 0 Å². The van der Waals surface area contributed by atoms with E-state index in [4.69, 9.17) is 10.5 Å². The van der Waals surface area contributed by atoms with Crippen molar-refractivity contribution in [2.75, 3.05) is 6.54 Å². The van der Waals surface area contributed by atoms with Crippen LogP contribution in [0.4, 0.5) is 0 Å². The van der Waals surface area contributed by atoms with Crippen LogP contribution in [0.5, 0.6) is 11.5 Å². The molecule has 0 unspecified atom stereocenters. The van der Waals surface area contributed by atoms with E-state index in [1.807, 2.05) is 6.07 Å². The Hall–Kier alpha value is -1.26. The second-order valence-electron chi connectivity index (χ2n) is 8.83. The predicted octanol–water partition coefficient (Wildman–Crippen LogP) is 3.26. The lowest BCUT2D eigenvalue weighted by atomic mass is 9.47. The van der Waals surface area contributed by atoms with Crippen LogP contribution in [-0.4, -0.2) is 22.9 Å². The molecule has 2 atom stereocenters. The van der Waals surface area contributed by atoms with Crippen molar-refractivity contribution in [3.05, 3.63) is 23.3 Å². The van der Waals surface area contributed by atoms with Crippen molar-refractivity contribution in [3.8, 4) is 11.5 Å². The van der Waals surface area contributed by atoms with Crippen molar-refractivity contribution in [1.29, 1.82) is 0 Å². The molecule has 24 heavy (non-hydrogen) atoms. The minimum absolute atomic E-state index is 0.0315. The third kappa shape index (κ3) is 2.05. The summed E-state index contributed by atoms with van der Waals surface area (Å²) in [6.45, 7) is 0.417. The first-order valence-electron chi connectivity index (χ1n) is 9.47. The topological polar surface area (TPSA) is 75.7 Å². The second-order valence-corrected chi connectivity index (χ2v) is 8.83. The van der Waals surface area contributed by atoms with Gasteiger partial charge >= 0.3 is 0 Å². The number of benzene rings is 1. The van der Waals surface area contributed by atoms with Gasteiger partial charge < -0.3 is 20.7 Å². The van der Waals surface area contributed by atoms with E-state index in [9.17, 15) is 10.2 Å². The van der Waals surface area contributed by atoms with Crippen LogP contribution in [-0.2, 0) is 11.2 Å². The first kappa shape index (κ1) is 15.0. The summed E-state index contributed by atoms with van der Waals surface area (Å²) in [5.74, 6) is 2.61. The average molecular weight is 329 g/mol. The summed E-state index contributed by atoms with van der Waals surface area (Å²) in [6, 6.07) is 3.41. The molecule has 4 N–H and O–H groups in total. The smallest absolute Gasteiger partial charge is 0.161 e. The molecule has 4 heteroatoms. The SMILES string of the molecule is NC[C@@H]1O[C@@H](C23CC4CC(CC(C4)C2)C3)Cc2c1ccc(O)c2O. The Labute approximate surface area is 143 Å². The number of phenols is 2. The summed E-state index contributed by atoms with van der Waals surface area (Å²) >= 11 is 0. The number of ether oxygens (including phenoxy) is 1. The Morgan fingerprint density at radius 3 is 2.25 bits per heavy atom. The molecule has 1 aromatic rings. The van der Waals surface area contributed by atoms with Gasteiger partial charge in [0, 0.05) is 18.5 Å². The Morgan fingerprint density at radius 1 is 1.04 bits per heavy atom. The van der Waals surface area contributed by atoms with Gasteiger partial charge in [-0.05, 0) is 73.3 Å². The lowest BCUT2D eigenvalue weighted by Crippen LogP contribution is -2.54. The Morgan fingerprint density at radius 2 is 1.67 bits per heavy atom. The highest BCUT2D eigenvalue weighted by molar-refractivity contribution is 5.51. The molecule has 1 aliphatic heterocycles. The van der Waals surface area contributed by atoms with E-state index >= 15 is 0 Å². The van der Waals surface area contributed by atoms with E-state index in [1.54, 1.807) is 6.07 Å². The highest BCUT2D eigenvalue weighted by atomic mass is 16.5. The van der Waals surface area contributed by atoms with Gasteiger partial charge in [-0.2, -0.15) is 0 Å². The molecular formula is C20H27NO3. The zero-order valence-corrected chi connectivity index (χ0v) is 14.1. The van der Waals surface area contributed by atoms with Gasteiger partial charge in [0.25, 0.3) is 0 Å². The molecule has 6 rings (SSSR count). The molecule has 0 saturated heterocycles. The van der Waals surface area contributed by atoms with E-state index < -0.39 is 0 Å². The van der Waals surface area contributed by atoms with Crippen molar-refractivity contribution in [2.24, 2.45) is 28.9 Å². The number of hydrogen-bond acceptors (Lipinski definition) is 4. The van der Waals surface area contributed by atoms with Crippen LogP contribution < -0.4 is 5.73 Å². The number of rotatable bonds is 2. The van der Waals surface area contributed by atoms with E-state index in [1.165, 1.54) is 38.5 Å². The van der Waals surface area contributed by atoms with Crippen molar-refractivity contribution in [1.82, 2.24) is 0 Å². The van der Waals surface area contributed by atoms with Gasteiger partial charge in [-0.15, -0.1) is 0 Å². The summed E-state index contributed by atoms with van der Waals surface area (Å²) in [6.07, 6.45) is 8.72. The van der Waals surface area contributed by atoms with E-state index in [-0.39, 0.29) is 29.1 Å². The van der Waals surface area contributed by atoms with Crippen molar-refractivity contribution in [3.63, 3.8) is 0 Å². The summed E-state index contributed by atoms with van der Waals surface area (Å²) in [5, 5.41) is 20.3. The molecule has 1 heterocycles. The second kappa shape index (κ2) is 5.12. The lowest BCUT2D eigenvalue weighted by Gasteiger charge is -2.60. The first-order valence-corrected chi connectivity index (χ1v) is 9.47. The number of nitrogens with two attached hydrogens (primary N) is 1. The van der Waals surface area contributed by atoms with Crippen LogP contribution in [0, 0.1) is 23.2 Å². The van der Waals surface area contributed by atoms with Crippen molar-refractivity contribution < 1.29 is 14.9 Å². The molecule has 0 aromatic heterocycles. The maximum Gasteiger partial charge on any atom is 0.161 e. The standard InChI is InChI=1S/C20H27NO3/c21-10-17-14-1-2-16(22)19(23)15(14)6-18(24-17)20-7-11-3-12(8-20)5-13(4-11)9-20/h1-2,11-13,17-18,22-23H,3-10,21H2/t11?,12?,13?,17-,18+,20?/m0/s1. The van der Waals surface area contributed by atoms with Gasteiger partial charge in [0.2, 0.25) is 0 Å². The van der Waals surface area contributed by atoms with Crippen molar-refractivity contribution in [2.45, 2.75) is 57.2 Å². The molecule has 4 aliphatic carbocycles. The normalized spacial score (nSPS) is 43.0.